The second-order valence-electron chi connectivity index (χ2n) is 16.6. The van der Waals surface area contributed by atoms with Gasteiger partial charge in [0.1, 0.15) is 13.1 Å². The minimum Gasteiger partial charge on any atom is -0.332 e. The summed E-state index contributed by atoms with van der Waals surface area (Å²) in [6, 6.07) is 28.2. The number of hydrogen-bond acceptors (Lipinski definition) is 10. The number of carbonyl (C=O) groups is 6. The summed E-state index contributed by atoms with van der Waals surface area (Å²) in [7, 11) is 0. The Morgan fingerprint density at radius 1 is 0.375 bits per heavy atom. The van der Waals surface area contributed by atoms with E-state index < -0.39 is 17.7 Å². The number of nitrogens with two attached hydrogens (primary N) is 3. The third kappa shape index (κ3) is 18.7. The Bertz CT molecular complexity index is 1870. The van der Waals surface area contributed by atoms with Gasteiger partial charge < -0.3 is 41.7 Å². The van der Waals surface area contributed by atoms with E-state index in [0.717, 1.165) is 29.5 Å². The minimum atomic E-state index is -0.461. The molecule has 0 atom stereocenters. The zero-order valence-corrected chi connectivity index (χ0v) is 37.7. The lowest BCUT2D eigenvalue weighted by molar-refractivity contribution is -0.148. The fraction of sp³-hybridized carbons (Fsp3) is 0.510. The first-order chi connectivity index (χ1) is 31.1. The molecule has 3 aromatic rings. The van der Waals surface area contributed by atoms with Crippen molar-refractivity contribution in [2.24, 2.45) is 17.2 Å². The zero-order valence-electron chi connectivity index (χ0n) is 37.7. The van der Waals surface area contributed by atoms with Gasteiger partial charge in [-0.15, -0.1) is 0 Å². The van der Waals surface area contributed by atoms with Crippen LogP contribution in [0.2, 0.25) is 0 Å². The van der Waals surface area contributed by atoms with Crippen molar-refractivity contribution in [1.29, 1.82) is 0 Å². The van der Waals surface area contributed by atoms with E-state index in [4.69, 9.17) is 17.2 Å². The van der Waals surface area contributed by atoms with Gasteiger partial charge in [0.25, 0.3) is 0 Å². The molecule has 1 aliphatic rings. The lowest BCUT2D eigenvalue weighted by Gasteiger charge is -2.32. The Labute approximate surface area is 379 Å². The Hall–Kier alpha value is -5.48. The molecule has 1 saturated heterocycles. The summed E-state index contributed by atoms with van der Waals surface area (Å²) in [6.07, 6.45) is 5.27. The Morgan fingerprint density at radius 2 is 0.719 bits per heavy atom. The molecule has 64 heavy (non-hydrogen) atoms. The van der Waals surface area contributed by atoms with Crippen molar-refractivity contribution in [2.45, 2.75) is 77.4 Å². The van der Waals surface area contributed by atoms with Crippen molar-refractivity contribution < 1.29 is 28.8 Å². The van der Waals surface area contributed by atoms with Crippen LogP contribution in [0.25, 0.3) is 0 Å². The molecule has 0 unspecified atom stereocenters. The van der Waals surface area contributed by atoms with Gasteiger partial charge in [0.2, 0.25) is 29.5 Å². The van der Waals surface area contributed by atoms with E-state index in [1.165, 1.54) is 19.6 Å². The summed E-state index contributed by atoms with van der Waals surface area (Å²) in [5.41, 5.74) is 20.0. The lowest BCUT2D eigenvalue weighted by Crippen LogP contribution is -2.51. The van der Waals surface area contributed by atoms with Gasteiger partial charge in [-0.25, -0.2) is 0 Å². The minimum absolute atomic E-state index is 0.0544. The average molecular weight is 882 g/mol. The lowest BCUT2D eigenvalue weighted by atomic mass is 10.1. The number of amides is 5. The molecule has 0 radical (unpaired) electrons. The van der Waals surface area contributed by atoms with Crippen molar-refractivity contribution in [1.82, 2.24) is 29.4 Å². The highest BCUT2D eigenvalue weighted by Crippen LogP contribution is 2.14. The molecule has 6 N–H and O–H groups in total. The summed E-state index contributed by atoms with van der Waals surface area (Å²) >= 11 is 0. The second kappa shape index (κ2) is 29.1. The maximum atomic E-state index is 14.5. The van der Waals surface area contributed by atoms with E-state index in [-0.39, 0.29) is 96.0 Å². The summed E-state index contributed by atoms with van der Waals surface area (Å²) < 4.78 is 0. The summed E-state index contributed by atoms with van der Waals surface area (Å²) in [5, 5.41) is 0. The van der Waals surface area contributed by atoms with E-state index in [9.17, 15) is 28.8 Å². The number of Topliss-reactive ketones (excluding diaryl/α,β-unsaturated/α-hetero) is 1. The van der Waals surface area contributed by atoms with Crippen LogP contribution in [-0.2, 0) is 48.4 Å². The quantitative estimate of drug-likeness (QED) is 0.160. The van der Waals surface area contributed by atoms with Crippen molar-refractivity contribution in [3.63, 3.8) is 0 Å². The third-order valence-corrected chi connectivity index (χ3v) is 11.3. The van der Waals surface area contributed by atoms with E-state index >= 15 is 0 Å². The first-order valence-corrected chi connectivity index (χ1v) is 22.9. The molecule has 1 heterocycles. The second-order valence-corrected chi connectivity index (χ2v) is 16.6. The van der Waals surface area contributed by atoms with E-state index in [2.05, 4.69) is 4.90 Å². The van der Waals surface area contributed by atoms with Crippen LogP contribution in [0.15, 0.2) is 91.0 Å². The molecule has 0 spiro atoms. The number of ketones is 1. The normalized spacial score (nSPS) is 16.6. The predicted molar refractivity (Wildman–Crippen MR) is 249 cm³/mol. The van der Waals surface area contributed by atoms with Gasteiger partial charge in [-0.2, -0.15) is 0 Å². The summed E-state index contributed by atoms with van der Waals surface area (Å²) in [5.74, 6) is -2.04. The molecule has 3 aromatic carbocycles. The molecular weight excluding hydrogens is 811 g/mol. The van der Waals surface area contributed by atoms with Crippen LogP contribution < -0.4 is 17.2 Å². The van der Waals surface area contributed by atoms with E-state index in [0.29, 0.717) is 71.2 Å². The highest BCUT2D eigenvalue weighted by molar-refractivity contribution is 5.92. The zero-order chi connectivity index (χ0) is 45.9. The van der Waals surface area contributed by atoms with Crippen LogP contribution in [0.5, 0.6) is 0 Å². The van der Waals surface area contributed by atoms with Gasteiger partial charge in [-0.3, -0.25) is 33.7 Å². The number of nitrogens with zero attached hydrogens (tertiary/aromatic N) is 6. The summed E-state index contributed by atoms with van der Waals surface area (Å²) in [4.78, 5) is 95.0. The van der Waals surface area contributed by atoms with Crippen molar-refractivity contribution in [3.8, 4) is 0 Å². The van der Waals surface area contributed by atoms with Gasteiger partial charge >= 0.3 is 0 Å². The summed E-state index contributed by atoms with van der Waals surface area (Å²) in [6.45, 7) is 2.06. The molecule has 0 saturated carbocycles. The standard InChI is InChI=1S/C49H71N9O6/c50-25-11-15-29-53-28-14-10-24-44(59)35-56(32-41-18-4-1-5-19-41)48(63)37-54(30-16-12-26-51)47(62)40-58(34-43-22-8-3-9-23-43)49(64)38-55(31-17-13-27-52)46(61)39-57(45(60)36-53)33-42-20-6-2-7-21-42/h1-9,18-23H,10-17,24-40,50-52H2. The fourth-order valence-corrected chi connectivity index (χ4v) is 7.63. The van der Waals surface area contributed by atoms with Crippen LogP contribution >= 0.6 is 0 Å². The first-order valence-electron chi connectivity index (χ1n) is 22.9. The Balaban J connectivity index is 1.74. The van der Waals surface area contributed by atoms with Crippen LogP contribution in [0.1, 0.15) is 74.5 Å². The average Bonchev–Trinajstić information content (AvgIpc) is 3.29. The molecule has 1 fully saturated rings. The SMILES string of the molecule is NCCCCN1CCCCC(=O)CN(Cc2ccccc2)C(=O)CN(CCCCN)C(=O)CN(Cc2ccccc2)C(=O)CN(CCCCN)C(=O)CN(Cc2ccccc2)C(=O)C1. The van der Waals surface area contributed by atoms with Crippen LogP contribution in [0, 0.1) is 0 Å². The van der Waals surface area contributed by atoms with E-state index in [1.54, 1.807) is 4.90 Å². The molecule has 1 aliphatic heterocycles. The van der Waals surface area contributed by atoms with Gasteiger partial charge in [0, 0.05) is 39.1 Å². The number of rotatable bonds is 18. The molecule has 0 aliphatic carbocycles. The highest BCUT2D eigenvalue weighted by atomic mass is 16.2. The number of carbonyl (C=O) groups excluding carboxylic acids is 6. The molecule has 0 bridgehead atoms. The first kappa shape index (κ1) is 51.2. The van der Waals surface area contributed by atoms with Crippen LogP contribution in [0.4, 0.5) is 0 Å². The van der Waals surface area contributed by atoms with Crippen LogP contribution in [-0.4, -0.2) is 150 Å². The van der Waals surface area contributed by atoms with Gasteiger partial charge in [-0.1, -0.05) is 91.0 Å². The van der Waals surface area contributed by atoms with Crippen molar-refractivity contribution in [2.75, 3.05) is 85.1 Å². The molecule has 15 heteroatoms. The number of benzene rings is 3. The van der Waals surface area contributed by atoms with E-state index in [1.807, 2.05) is 91.0 Å². The maximum absolute atomic E-state index is 14.5. The number of hydrogen-bond donors (Lipinski definition) is 3. The monoisotopic (exact) mass is 882 g/mol. The topological polar surface area (TPSA) is 200 Å². The van der Waals surface area contributed by atoms with Gasteiger partial charge in [-0.05, 0) is 101 Å². The molecular formula is C49H71N9O6. The largest absolute Gasteiger partial charge is 0.332 e. The predicted octanol–water partition coefficient (Wildman–Crippen LogP) is 3.00. The molecule has 0 aromatic heterocycles. The maximum Gasteiger partial charge on any atom is 0.242 e. The van der Waals surface area contributed by atoms with Crippen LogP contribution in [0.3, 0.4) is 0 Å². The smallest absolute Gasteiger partial charge is 0.242 e. The fourth-order valence-electron chi connectivity index (χ4n) is 7.63. The Morgan fingerprint density at radius 3 is 1.12 bits per heavy atom. The molecule has 348 valence electrons. The number of unbranched alkanes of at least 4 members (excludes halogenated alkanes) is 3. The van der Waals surface area contributed by atoms with Crippen molar-refractivity contribution >= 4 is 35.3 Å². The van der Waals surface area contributed by atoms with Gasteiger partial charge in [0.05, 0.1) is 26.2 Å². The van der Waals surface area contributed by atoms with Gasteiger partial charge in [0.15, 0.2) is 5.78 Å². The molecule has 5 amide bonds. The third-order valence-electron chi connectivity index (χ3n) is 11.3. The highest BCUT2D eigenvalue weighted by Gasteiger charge is 2.30. The molecule has 15 nitrogen and oxygen atoms in total. The van der Waals surface area contributed by atoms with Crippen molar-refractivity contribution in [3.05, 3.63) is 108 Å². The molecule has 4 rings (SSSR count). The Kier molecular flexibility index (Phi) is 23.2.